The van der Waals surface area contributed by atoms with E-state index in [0.29, 0.717) is 0 Å². The van der Waals surface area contributed by atoms with Crippen LogP contribution in [0.25, 0.3) is 11.0 Å². The molecule has 0 radical (unpaired) electrons. The van der Waals surface area contributed by atoms with Gasteiger partial charge in [-0.25, -0.2) is 4.79 Å². The second kappa shape index (κ2) is 3.94. The first-order valence-corrected chi connectivity index (χ1v) is 4.95. The predicted molar refractivity (Wildman–Crippen MR) is 61.4 cm³/mol. The maximum Gasteiger partial charge on any atom is 0.323 e. The molecule has 0 amide bonds. The molecule has 2 N–H and O–H groups in total. The number of benzene rings is 1. The minimum Gasteiger partial charge on any atom is -0.306 e. The van der Waals surface area contributed by atoms with E-state index in [-0.39, 0.29) is 11.7 Å². The van der Waals surface area contributed by atoms with Gasteiger partial charge in [-0.05, 0) is 31.8 Å². The van der Waals surface area contributed by atoms with Gasteiger partial charge in [-0.15, -0.1) is 0 Å². The zero-order valence-corrected chi connectivity index (χ0v) is 9.15. The van der Waals surface area contributed by atoms with Crippen LogP contribution in [-0.4, -0.2) is 35.2 Å². The molecule has 0 bridgehead atoms. The molecule has 84 valence electrons. The standard InChI is InChI=1S/C11H13N3O2/c1-14(2)10(6-15)7-3-4-8-9(5-7)13-11(16)12-8/h3-6,10H,1-2H3,(H2,12,13,16). The molecule has 0 aliphatic heterocycles. The first kappa shape index (κ1) is 10.6. The van der Waals surface area contributed by atoms with E-state index in [0.717, 1.165) is 22.9 Å². The lowest BCUT2D eigenvalue weighted by Gasteiger charge is -2.18. The van der Waals surface area contributed by atoms with Gasteiger partial charge in [-0.2, -0.15) is 0 Å². The maximum atomic E-state index is 11.1. The van der Waals surface area contributed by atoms with Crippen molar-refractivity contribution in [3.05, 3.63) is 34.2 Å². The summed E-state index contributed by atoms with van der Waals surface area (Å²) in [6.45, 7) is 0. The number of aromatic amines is 2. The molecule has 16 heavy (non-hydrogen) atoms. The van der Waals surface area contributed by atoms with Crippen LogP contribution in [0.4, 0.5) is 0 Å². The first-order valence-electron chi connectivity index (χ1n) is 4.95. The van der Waals surface area contributed by atoms with Gasteiger partial charge < -0.3 is 14.8 Å². The number of imidazole rings is 1. The average Bonchev–Trinajstić information content (AvgIpc) is 2.57. The average molecular weight is 219 g/mol. The summed E-state index contributed by atoms with van der Waals surface area (Å²) in [7, 11) is 3.67. The summed E-state index contributed by atoms with van der Waals surface area (Å²) in [5.41, 5.74) is 2.09. The number of nitrogens with zero attached hydrogens (tertiary/aromatic N) is 1. The van der Waals surface area contributed by atoms with Crippen LogP contribution in [0.5, 0.6) is 0 Å². The number of fused-ring (bicyclic) bond motifs is 1. The van der Waals surface area contributed by atoms with E-state index in [4.69, 9.17) is 0 Å². The number of aromatic nitrogens is 2. The van der Waals surface area contributed by atoms with Gasteiger partial charge in [0, 0.05) is 0 Å². The number of nitrogens with one attached hydrogen (secondary N) is 2. The predicted octanol–water partition coefficient (Wildman–Crippen LogP) is 0.658. The lowest BCUT2D eigenvalue weighted by atomic mass is 10.1. The molecule has 2 rings (SSSR count). The fraction of sp³-hybridized carbons (Fsp3) is 0.273. The molecule has 0 aliphatic carbocycles. The first-order chi connectivity index (χ1) is 7.61. The minimum absolute atomic E-state index is 0.236. The summed E-state index contributed by atoms with van der Waals surface area (Å²) in [4.78, 5) is 29.2. The van der Waals surface area contributed by atoms with E-state index in [1.807, 2.05) is 31.1 Å². The Kier molecular flexibility index (Phi) is 2.62. The topological polar surface area (TPSA) is 69.0 Å². The van der Waals surface area contributed by atoms with Crippen molar-refractivity contribution in [2.45, 2.75) is 6.04 Å². The Morgan fingerprint density at radius 3 is 2.56 bits per heavy atom. The molecule has 1 unspecified atom stereocenters. The third-order valence-electron chi connectivity index (χ3n) is 2.57. The van der Waals surface area contributed by atoms with Crippen LogP contribution in [0.1, 0.15) is 11.6 Å². The Hall–Kier alpha value is -1.88. The Balaban J connectivity index is 2.52. The Morgan fingerprint density at radius 2 is 1.94 bits per heavy atom. The van der Waals surface area contributed by atoms with Gasteiger partial charge in [0.1, 0.15) is 6.29 Å². The zero-order valence-electron chi connectivity index (χ0n) is 9.15. The van der Waals surface area contributed by atoms with E-state index in [9.17, 15) is 9.59 Å². The number of hydrogen-bond acceptors (Lipinski definition) is 3. The summed E-state index contributed by atoms with van der Waals surface area (Å²) in [5, 5.41) is 0. The quantitative estimate of drug-likeness (QED) is 0.745. The Labute approximate surface area is 92.1 Å². The van der Waals surface area contributed by atoms with Gasteiger partial charge in [0.05, 0.1) is 17.1 Å². The molecule has 2 aromatic rings. The monoisotopic (exact) mass is 219 g/mol. The molecule has 0 saturated carbocycles. The molecular weight excluding hydrogens is 206 g/mol. The number of aldehydes is 1. The van der Waals surface area contributed by atoms with E-state index in [1.54, 1.807) is 6.07 Å². The summed E-state index contributed by atoms with van der Waals surface area (Å²) in [6.07, 6.45) is 0.881. The van der Waals surface area contributed by atoms with Crippen molar-refractivity contribution >= 4 is 17.3 Å². The van der Waals surface area contributed by atoms with Gasteiger partial charge in [0.15, 0.2) is 0 Å². The second-order valence-electron chi connectivity index (χ2n) is 3.93. The van der Waals surface area contributed by atoms with Gasteiger partial charge in [-0.1, -0.05) is 6.07 Å². The highest BCUT2D eigenvalue weighted by Gasteiger charge is 2.13. The molecular formula is C11H13N3O2. The van der Waals surface area contributed by atoms with E-state index < -0.39 is 0 Å². The minimum atomic E-state index is -0.289. The van der Waals surface area contributed by atoms with Crippen LogP contribution in [0, 0.1) is 0 Å². The number of rotatable bonds is 3. The number of carbonyl (C=O) groups is 1. The van der Waals surface area contributed by atoms with Crippen LogP contribution in [0.15, 0.2) is 23.0 Å². The van der Waals surface area contributed by atoms with Crippen molar-refractivity contribution < 1.29 is 4.79 Å². The van der Waals surface area contributed by atoms with E-state index in [2.05, 4.69) is 9.97 Å². The Bertz CT molecular complexity index is 568. The smallest absolute Gasteiger partial charge is 0.306 e. The molecule has 1 aromatic heterocycles. The summed E-state index contributed by atoms with van der Waals surface area (Å²) in [5.74, 6) is 0. The van der Waals surface area contributed by atoms with Crippen LogP contribution >= 0.6 is 0 Å². The summed E-state index contributed by atoms with van der Waals surface area (Å²) < 4.78 is 0. The molecule has 0 fully saturated rings. The molecule has 0 spiro atoms. The fourth-order valence-electron chi connectivity index (χ4n) is 1.73. The number of carbonyl (C=O) groups excluding carboxylic acids is 1. The van der Waals surface area contributed by atoms with Crippen LogP contribution < -0.4 is 5.69 Å². The molecule has 5 heteroatoms. The van der Waals surface area contributed by atoms with Crippen LogP contribution in [-0.2, 0) is 4.79 Å². The van der Waals surface area contributed by atoms with Gasteiger partial charge in [-0.3, -0.25) is 4.90 Å². The third-order valence-corrected chi connectivity index (χ3v) is 2.57. The van der Waals surface area contributed by atoms with Gasteiger partial charge in [0.2, 0.25) is 0 Å². The largest absolute Gasteiger partial charge is 0.323 e. The number of likely N-dealkylation sites (N-methyl/N-ethyl adjacent to an activating group) is 1. The number of H-pyrrole nitrogens is 2. The highest BCUT2D eigenvalue weighted by atomic mass is 16.1. The second-order valence-corrected chi connectivity index (χ2v) is 3.93. The lowest BCUT2D eigenvalue weighted by Crippen LogP contribution is -2.20. The highest BCUT2D eigenvalue weighted by Crippen LogP contribution is 2.19. The number of hydrogen-bond donors (Lipinski definition) is 2. The van der Waals surface area contributed by atoms with Crippen LogP contribution in [0.2, 0.25) is 0 Å². The maximum absolute atomic E-state index is 11.1. The van der Waals surface area contributed by atoms with Crippen LogP contribution in [0.3, 0.4) is 0 Å². The van der Waals surface area contributed by atoms with Gasteiger partial charge >= 0.3 is 5.69 Å². The molecule has 1 heterocycles. The van der Waals surface area contributed by atoms with Crippen molar-refractivity contribution in [1.82, 2.24) is 14.9 Å². The van der Waals surface area contributed by atoms with Crippen molar-refractivity contribution in [2.24, 2.45) is 0 Å². The summed E-state index contributed by atoms with van der Waals surface area (Å²) in [6, 6.07) is 5.16. The molecule has 0 aliphatic rings. The third kappa shape index (κ3) is 1.77. The van der Waals surface area contributed by atoms with Crippen molar-refractivity contribution in [2.75, 3.05) is 14.1 Å². The van der Waals surface area contributed by atoms with Crippen molar-refractivity contribution in [3.8, 4) is 0 Å². The SMILES string of the molecule is CN(C)C(C=O)c1ccc2[nH]c(=O)[nH]c2c1. The Morgan fingerprint density at radius 1 is 1.25 bits per heavy atom. The fourth-order valence-corrected chi connectivity index (χ4v) is 1.73. The zero-order chi connectivity index (χ0) is 11.7. The normalized spacial score (nSPS) is 13.2. The molecule has 0 saturated heterocycles. The molecule has 5 nitrogen and oxygen atoms in total. The van der Waals surface area contributed by atoms with E-state index in [1.165, 1.54) is 0 Å². The lowest BCUT2D eigenvalue weighted by molar-refractivity contribution is -0.111. The van der Waals surface area contributed by atoms with E-state index >= 15 is 0 Å². The molecule has 1 aromatic carbocycles. The van der Waals surface area contributed by atoms with Crippen molar-refractivity contribution in [1.29, 1.82) is 0 Å². The summed E-state index contributed by atoms with van der Waals surface area (Å²) >= 11 is 0. The highest BCUT2D eigenvalue weighted by molar-refractivity contribution is 5.76. The molecule has 1 atom stereocenters. The van der Waals surface area contributed by atoms with Crippen molar-refractivity contribution in [3.63, 3.8) is 0 Å². The van der Waals surface area contributed by atoms with Gasteiger partial charge in [0.25, 0.3) is 0 Å².